The number of rotatable bonds is 5. The molecule has 0 aliphatic carbocycles. The molecular weight excluding hydrogens is 252 g/mol. The lowest BCUT2D eigenvalue weighted by Crippen LogP contribution is -2.49. The van der Waals surface area contributed by atoms with Gasteiger partial charge in [-0.2, -0.15) is 0 Å². The molecule has 0 spiro atoms. The van der Waals surface area contributed by atoms with Gasteiger partial charge in [-0.05, 0) is 19.4 Å². The minimum atomic E-state index is 0.0204. The van der Waals surface area contributed by atoms with Gasteiger partial charge in [0.25, 0.3) is 0 Å². The molecule has 0 radical (unpaired) electrons. The van der Waals surface area contributed by atoms with Crippen LogP contribution in [0.15, 0.2) is 24.3 Å². The number of carbonyl (C=O) groups is 2. The Morgan fingerprint density at radius 2 is 1.80 bits per heavy atom. The molecule has 0 bridgehead atoms. The normalized spacial score (nSPS) is 18.7. The fourth-order valence-corrected chi connectivity index (χ4v) is 2.52. The molecule has 108 valence electrons. The molecule has 1 atom stereocenters. The van der Waals surface area contributed by atoms with Crippen molar-refractivity contribution in [2.75, 3.05) is 26.2 Å². The third-order valence-corrected chi connectivity index (χ3v) is 3.95. The quantitative estimate of drug-likeness (QED) is 0.604. The van der Waals surface area contributed by atoms with Crippen LogP contribution in [0.3, 0.4) is 0 Å². The maximum atomic E-state index is 11.2. The topological polar surface area (TPSA) is 40.6 Å². The molecule has 4 nitrogen and oxygen atoms in total. The van der Waals surface area contributed by atoms with E-state index in [0.29, 0.717) is 0 Å². The zero-order valence-electron chi connectivity index (χ0n) is 12.2. The summed E-state index contributed by atoms with van der Waals surface area (Å²) in [6.45, 7) is 8.27. The number of carbonyl (C=O) groups excluding carboxylic acids is 2. The van der Waals surface area contributed by atoms with Gasteiger partial charge in [0, 0.05) is 38.3 Å². The Morgan fingerprint density at radius 3 is 2.30 bits per heavy atom. The Hall–Kier alpha value is -1.52. The molecular formula is C16H22N2O2. The van der Waals surface area contributed by atoms with E-state index in [1.807, 2.05) is 31.2 Å². The number of ketones is 1. The molecule has 0 amide bonds. The Labute approximate surface area is 120 Å². The van der Waals surface area contributed by atoms with Crippen LogP contribution in [0.5, 0.6) is 0 Å². The Bertz CT molecular complexity index is 462. The van der Waals surface area contributed by atoms with Gasteiger partial charge >= 0.3 is 0 Å². The summed E-state index contributed by atoms with van der Waals surface area (Å²) < 4.78 is 0. The van der Waals surface area contributed by atoms with Crippen molar-refractivity contribution in [2.45, 2.75) is 26.4 Å². The molecule has 2 rings (SSSR count). The second kappa shape index (κ2) is 6.77. The summed E-state index contributed by atoms with van der Waals surface area (Å²) in [6.07, 6.45) is 1.01. The highest BCUT2D eigenvalue weighted by Gasteiger charge is 2.20. The molecule has 1 heterocycles. The van der Waals surface area contributed by atoms with Crippen molar-refractivity contribution in [3.05, 3.63) is 35.4 Å². The SMILES string of the molecule is CC(=O)c1ccc(CN2CCN(C(C)C=O)CC2)cc1. The predicted molar refractivity (Wildman–Crippen MR) is 78.8 cm³/mol. The molecule has 1 fully saturated rings. The number of piperazine rings is 1. The zero-order chi connectivity index (χ0) is 14.5. The van der Waals surface area contributed by atoms with Crippen LogP contribution in [-0.4, -0.2) is 54.1 Å². The number of aldehydes is 1. The van der Waals surface area contributed by atoms with Crippen molar-refractivity contribution < 1.29 is 9.59 Å². The lowest BCUT2D eigenvalue weighted by Gasteiger charge is -2.36. The molecule has 4 heteroatoms. The molecule has 0 saturated carbocycles. The van der Waals surface area contributed by atoms with Gasteiger partial charge in [-0.15, -0.1) is 0 Å². The Balaban J connectivity index is 1.86. The maximum Gasteiger partial charge on any atom is 0.159 e. The van der Waals surface area contributed by atoms with Crippen molar-refractivity contribution in [3.8, 4) is 0 Å². The molecule has 1 aromatic rings. The zero-order valence-corrected chi connectivity index (χ0v) is 12.2. The molecule has 0 N–H and O–H groups in total. The molecule has 20 heavy (non-hydrogen) atoms. The Morgan fingerprint density at radius 1 is 1.20 bits per heavy atom. The van der Waals surface area contributed by atoms with Gasteiger partial charge in [0.2, 0.25) is 0 Å². The second-order valence-corrected chi connectivity index (χ2v) is 5.44. The minimum Gasteiger partial charge on any atom is -0.302 e. The number of nitrogens with zero attached hydrogens (tertiary/aromatic N) is 2. The lowest BCUT2D eigenvalue weighted by molar-refractivity contribution is -0.112. The Kier molecular flexibility index (Phi) is 5.04. The van der Waals surface area contributed by atoms with Crippen LogP contribution in [0.4, 0.5) is 0 Å². The third kappa shape index (κ3) is 3.74. The first kappa shape index (κ1) is 14.9. The summed E-state index contributed by atoms with van der Waals surface area (Å²) >= 11 is 0. The molecule has 1 unspecified atom stereocenters. The minimum absolute atomic E-state index is 0.0204. The molecule has 0 aromatic heterocycles. The number of benzene rings is 1. The first-order chi connectivity index (χ1) is 9.60. The van der Waals surface area contributed by atoms with E-state index in [1.165, 1.54) is 5.56 Å². The van der Waals surface area contributed by atoms with Gasteiger partial charge in [0.05, 0.1) is 6.04 Å². The van der Waals surface area contributed by atoms with Crippen molar-refractivity contribution in [2.24, 2.45) is 0 Å². The summed E-state index contributed by atoms with van der Waals surface area (Å²) in [6, 6.07) is 7.85. The molecule has 1 aliphatic heterocycles. The van der Waals surface area contributed by atoms with Crippen LogP contribution >= 0.6 is 0 Å². The van der Waals surface area contributed by atoms with Crippen LogP contribution in [0.2, 0.25) is 0 Å². The van der Waals surface area contributed by atoms with E-state index in [9.17, 15) is 9.59 Å². The van der Waals surface area contributed by atoms with Crippen LogP contribution < -0.4 is 0 Å². The van der Waals surface area contributed by atoms with Crippen LogP contribution in [-0.2, 0) is 11.3 Å². The van der Waals surface area contributed by atoms with Crippen LogP contribution in [0.1, 0.15) is 29.8 Å². The summed E-state index contributed by atoms with van der Waals surface area (Å²) in [5, 5.41) is 0. The van der Waals surface area contributed by atoms with E-state index >= 15 is 0 Å². The molecule has 1 saturated heterocycles. The van der Waals surface area contributed by atoms with E-state index in [4.69, 9.17) is 0 Å². The first-order valence-electron chi connectivity index (χ1n) is 7.11. The van der Waals surface area contributed by atoms with Gasteiger partial charge in [-0.3, -0.25) is 14.6 Å². The van der Waals surface area contributed by atoms with E-state index in [1.54, 1.807) is 6.92 Å². The van der Waals surface area contributed by atoms with Crippen molar-refractivity contribution in [1.82, 2.24) is 9.80 Å². The summed E-state index contributed by atoms with van der Waals surface area (Å²) in [4.78, 5) is 26.6. The number of hydrogen-bond donors (Lipinski definition) is 0. The van der Waals surface area contributed by atoms with Gasteiger partial charge in [0.1, 0.15) is 6.29 Å². The fourth-order valence-electron chi connectivity index (χ4n) is 2.52. The number of Topliss-reactive ketones (excluding diaryl/α,β-unsaturated/α-hetero) is 1. The van der Waals surface area contributed by atoms with E-state index < -0.39 is 0 Å². The fraction of sp³-hybridized carbons (Fsp3) is 0.500. The molecule has 1 aliphatic rings. The lowest BCUT2D eigenvalue weighted by atomic mass is 10.1. The van der Waals surface area contributed by atoms with Crippen molar-refractivity contribution in [1.29, 1.82) is 0 Å². The van der Waals surface area contributed by atoms with E-state index in [0.717, 1.165) is 44.6 Å². The highest BCUT2D eigenvalue weighted by atomic mass is 16.1. The third-order valence-electron chi connectivity index (χ3n) is 3.95. The van der Waals surface area contributed by atoms with Crippen molar-refractivity contribution in [3.63, 3.8) is 0 Å². The monoisotopic (exact) mass is 274 g/mol. The largest absolute Gasteiger partial charge is 0.302 e. The highest BCUT2D eigenvalue weighted by Crippen LogP contribution is 2.11. The van der Waals surface area contributed by atoms with E-state index in [-0.39, 0.29) is 11.8 Å². The van der Waals surface area contributed by atoms with E-state index in [2.05, 4.69) is 9.80 Å². The summed E-state index contributed by atoms with van der Waals surface area (Å²) in [5.74, 6) is 0.105. The standard InChI is InChI=1S/C16H22N2O2/c1-13(12-19)18-9-7-17(8-10-18)11-15-3-5-16(6-4-15)14(2)20/h3-6,12-13H,7-11H2,1-2H3. The highest BCUT2D eigenvalue weighted by molar-refractivity contribution is 5.93. The van der Waals surface area contributed by atoms with Gasteiger partial charge in [0.15, 0.2) is 5.78 Å². The van der Waals surface area contributed by atoms with Crippen molar-refractivity contribution >= 4 is 12.1 Å². The van der Waals surface area contributed by atoms with Gasteiger partial charge in [-0.1, -0.05) is 24.3 Å². The number of hydrogen-bond acceptors (Lipinski definition) is 4. The molecule has 1 aromatic carbocycles. The summed E-state index contributed by atoms with van der Waals surface area (Å²) in [5.41, 5.74) is 1.99. The van der Waals surface area contributed by atoms with Crippen LogP contribution in [0.25, 0.3) is 0 Å². The predicted octanol–water partition coefficient (Wildman–Crippen LogP) is 1.59. The first-order valence-corrected chi connectivity index (χ1v) is 7.11. The van der Waals surface area contributed by atoms with Crippen LogP contribution in [0, 0.1) is 0 Å². The average molecular weight is 274 g/mol. The van der Waals surface area contributed by atoms with Gasteiger partial charge < -0.3 is 4.79 Å². The smallest absolute Gasteiger partial charge is 0.159 e. The average Bonchev–Trinajstić information content (AvgIpc) is 2.48. The maximum absolute atomic E-state index is 11.2. The summed E-state index contributed by atoms with van der Waals surface area (Å²) in [7, 11) is 0. The van der Waals surface area contributed by atoms with Gasteiger partial charge in [-0.25, -0.2) is 0 Å². The second-order valence-electron chi connectivity index (χ2n) is 5.44.